The van der Waals surface area contributed by atoms with Crippen molar-refractivity contribution in [1.29, 1.82) is 0 Å². The molecule has 0 amide bonds. The minimum absolute atomic E-state index is 0.156. The van der Waals surface area contributed by atoms with Crippen molar-refractivity contribution in [2.24, 2.45) is 10.2 Å². The number of rotatable bonds is 3. The van der Waals surface area contributed by atoms with Crippen LogP contribution in [0.15, 0.2) is 84.7 Å². The highest BCUT2D eigenvalue weighted by Gasteiger charge is 2.17. The lowest BCUT2D eigenvalue weighted by Gasteiger charge is -2.05. The number of hydrogen-bond acceptors (Lipinski definition) is 7. The van der Waals surface area contributed by atoms with Gasteiger partial charge >= 0.3 is 5.63 Å². The van der Waals surface area contributed by atoms with Crippen LogP contribution in [0, 0.1) is 6.92 Å². The molecule has 0 bridgehead atoms. The van der Waals surface area contributed by atoms with Gasteiger partial charge in [0.1, 0.15) is 5.58 Å². The highest BCUT2D eigenvalue weighted by Crippen LogP contribution is 2.31. The summed E-state index contributed by atoms with van der Waals surface area (Å²) < 4.78 is 7.85. The molecule has 152 valence electrons. The minimum Gasteiger partial charge on any atom is -0.422 e. The van der Waals surface area contributed by atoms with E-state index in [0.717, 1.165) is 15.4 Å². The van der Waals surface area contributed by atoms with Gasteiger partial charge in [0.05, 0.1) is 16.9 Å². The van der Waals surface area contributed by atoms with Crippen LogP contribution in [0.1, 0.15) is 5.56 Å². The summed E-state index contributed by atoms with van der Waals surface area (Å²) in [5, 5.41) is 13.6. The number of anilines is 1. The van der Waals surface area contributed by atoms with Crippen LogP contribution >= 0.6 is 15.9 Å². The van der Waals surface area contributed by atoms with E-state index in [2.05, 4.69) is 36.2 Å². The molecule has 0 aliphatic heterocycles. The van der Waals surface area contributed by atoms with Gasteiger partial charge in [-0.15, -0.1) is 10.2 Å². The van der Waals surface area contributed by atoms with Gasteiger partial charge in [0.25, 0.3) is 0 Å². The molecule has 0 unspecified atom stereocenters. The molecule has 5 aromatic rings. The second kappa shape index (κ2) is 7.44. The smallest absolute Gasteiger partial charge is 0.345 e. The molecule has 3 heterocycles. The van der Waals surface area contributed by atoms with Gasteiger partial charge < -0.3 is 10.2 Å². The normalized spacial score (nSPS) is 11.7. The summed E-state index contributed by atoms with van der Waals surface area (Å²) >= 11 is 3.44. The summed E-state index contributed by atoms with van der Waals surface area (Å²) in [4.78, 5) is 17.0. The lowest BCUT2D eigenvalue weighted by molar-refractivity contribution is 0.562. The first-order valence-electron chi connectivity index (χ1n) is 9.35. The summed E-state index contributed by atoms with van der Waals surface area (Å²) in [6.45, 7) is 2.00. The maximum absolute atomic E-state index is 12.7. The second-order valence-corrected chi connectivity index (χ2v) is 7.88. The fourth-order valence-corrected chi connectivity index (χ4v) is 3.62. The number of aromatic nitrogens is 3. The van der Waals surface area contributed by atoms with Gasteiger partial charge in [0.15, 0.2) is 17.2 Å². The van der Waals surface area contributed by atoms with Crippen LogP contribution in [-0.2, 0) is 0 Å². The average molecular weight is 475 g/mol. The number of fused-ring (bicyclic) bond motifs is 2. The summed E-state index contributed by atoms with van der Waals surface area (Å²) in [7, 11) is 0. The number of aryl methyl sites for hydroxylation is 1. The van der Waals surface area contributed by atoms with Crippen molar-refractivity contribution in [3.63, 3.8) is 0 Å². The molecular formula is C22H15BrN6O2. The van der Waals surface area contributed by atoms with E-state index in [1.54, 1.807) is 24.4 Å². The molecule has 0 aliphatic rings. The van der Waals surface area contributed by atoms with Crippen LogP contribution in [0.5, 0.6) is 0 Å². The Morgan fingerprint density at radius 3 is 2.68 bits per heavy atom. The van der Waals surface area contributed by atoms with Crippen LogP contribution in [0.25, 0.3) is 27.9 Å². The Labute approximate surface area is 184 Å². The fourth-order valence-electron chi connectivity index (χ4n) is 3.24. The number of halogens is 1. The maximum atomic E-state index is 12.7. The van der Waals surface area contributed by atoms with Crippen molar-refractivity contribution in [1.82, 2.24) is 14.6 Å². The third-order valence-corrected chi connectivity index (χ3v) is 5.28. The predicted octanol–water partition coefficient (Wildman–Crippen LogP) is 5.57. The SMILES string of the molecule is Cc1ccc(N=Nc2c(N)nn3c(-c4cc5cc(Br)ccc5oc4=O)ccnc23)cc1. The molecule has 9 heteroatoms. The van der Waals surface area contributed by atoms with Crippen LogP contribution in [-0.4, -0.2) is 14.6 Å². The van der Waals surface area contributed by atoms with E-state index in [4.69, 9.17) is 10.2 Å². The molecule has 0 saturated carbocycles. The molecule has 0 spiro atoms. The van der Waals surface area contributed by atoms with Gasteiger partial charge in [-0.1, -0.05) is 33.6 Å². The Kier molecular flexibility index (Phi) is 4.59. The number of benzene rings is 2. The molecule has 3 aromatic heterocycles. The van der Waals surface area contributed by atoms with Crippen molar-refractivity contribution in [3.8, 4) is 11.3 Å². The number of azo groups is 1. The molecule has 0 fully saturated rings. The second-order valence-electron chi connectivity index (χ2n) is 6.96. The zero-order chi connectivity index (χ0) is 21.5. The maximum Gasteiger partial charge on any atom is 0.345 e. The number of nitrogens with two attached hydrogens (primary N) is 1. The van der Waals surface area contributed by atoms with Crippen LogP contribution in [0.2, 0.25) is 0 Å². The summed E-state index contributed by atoms with van der Waals surface area (Å²) in [5.74, 6) is 0.156. The van der Waals surface area contributed by atoms with E-state index in [1.807, 2.05) is 43.3 Å². The number of nitrogens with zero attached hydrogens (tertiary/aromatic N) is 5. The largest absolute Gasteiger partial charge is 0.422 e. The van der Waals surface area contributed by atoms with E-state index < -0.39 is 5.63 Å². The standard InChI is InChI=1S/C22H15BrN6O2/c1-12-2-5-15(6-3-12)26-27-19-20(24)28-29-17(8-9-25-21(19)29)16-11-13-10-14(23)4-7-18(13)31-22(16)30/h2-11H,1H3,(H2,24,28). The Morgan fingerprint density at radius 1 is 1.06 bits per heavy atom. The van der Waals surface area contributed by atoms with E-state index in [-0.39, 0.29) is 5.82 Å². The van der Waals surface area contributed by atoms with Gasteiger partial charge in [0.2, 0.25) is 0 Å². The Bertz CT molecular complexity index is 1540. The molecule has 0 atom stereocenters. The van der Waals surface area contributed by atoms with Crippen molar-refractivity contribution < 1.29 is 4.42 Å². The summed E-state index contributed by atoms with van der Waals surface area (Å²) in [6, 6.07) is 16.5. The van der Waals surface area contributed by atoms with Gasteiger partial charge in [-0.25, -0.2) is 14.3 Å². The molecular weight excluding hydrogens is 460 g/mol. The first-order valence-corrected chi connectivity index (χ1v) is 10.1. The Morgan fingerprint density at radius 2 is 1.87 bits per heavy atom. The van der Waals surface area contributed by atoms with Crippen molar-refractivity contribution in [3.05, 3.63) is 81.3 Å². The zero-order valence-corrected chi connectivity index (χ0v) is 17.9. The monoisotopic (exact) mass is 474 g/mol. The molecule has 2 aromatic carbocycles. The fraction of sp³-hybridized carbons (Fsp3) is 0.0455. The van der Waals surface area contributed by atoms with E-state index in [1.165, 1.54) is 4.52 Å². The van der Waals surface area contributed by atoms with E-state index >= 15 is 0 Å². The first kappa shape index (κ1) is 19.1. The van der Waals surface area contributed by atoms with Crippen LogP contribution in [0.4, 0.5) is 17.2 Å². The van der Waals surface area contributed by atoms with Crippen molar-refractivity contribution >= 4 is 49.7 Å². The molecule has 0 saturated heterocycles. The van der Waals surface area contributed by atoms with Crippen LogP contribution in [0.3, 0.4) is 0 Å². The molecule has 2 N–H and O–H groups in total. The summed E-state index contributed by atoms with van der Waals surface area (Å²) in [6.07, 6.45) is 1.57. The minimum atomic E-state index is -0.487. The van der Waals surface area contributed by atoms with Crippen molar-refractivity contribution in [2.75, 3.05) is 5.73 Å². The molecule has 8 nitrogen and oxygen atoms in total. The zero-order valence-electron chi connectivity index (χ0n) is 16.3. The number of nitrogen functional groups attached to an aromatic ring is 1. The summed E-state index contributed by atoms with van der Waals surface area (Å²) in [5.41, 5.74) is 9.46. The lowest BCUT2D eigenvalue weighted by atomic mass is 10.1. The molecule has 0 radical (unpaired) electrons. The molecule has 31 heavy (non-hydrogen) atoms. The lowest BCUT2D eigenvalue weighted by Crippen LogP contribution is -2.07. The van der Waals surface area contributed by atoms with E-state index in [0.29, 0.717) is 33.9 Å². The highest BCUT2D eigenvalue weighted by molar-refractivity contribution is 9.10. The Balaban J connectivity index is 1.66. The Hall–Kier alpha value is -3.85. The van der Waals surface area contributed by atoms with Gasteiger partial charge in [-0.05, 0) is 49.4 Å². The number of hydrogen-bond donors (Lipinski definition) is 1. The van der Waals surface area contributed by atoms with Gasteiger partial charge in [0, 0.05) is 16.1 Å². The van der Waals surface area contributed by atoms with Gasteiger partial charge in [-0.3, -0.25) is 0 Å². The van der Waals surface area contributed by atoms with Crippen molar-refractivity contribution in [2.45, 2.75) is 6.92 Å². The first-order chi connectivity index (χ1) is 15.0. The highest BCUT2D eigenvalue weighted by atomic mass is 79.9. The van der Waals surface area contributed by atoms with Gasteiger partial charge in [-0.2, -0.15) is 5.11 Å². The predicted molar refractivity (Wildman–Crippen MR) is 122 cm³/mol. The average Bonchev–Trinajstić information content (AvgIpc) is 3.08. The molecule has 0 aliphatic carbocycles. The third-order valence-electron chi connectivity index (χ3n) is 4.79. The third kappa shape index (κ3) is 3.49. The van der Waals surface area contributed by atoms with Crippen LogP contribution < -0.4 is 11.4 Å². The van der Waals surface area contributed by atoms with E-state index in [9.17, 15) is 4.79 Å². The quantitative estimate of drug-likeness (QED) is 0.271. The topological polar surface area (TPSA) is 111 Å². The molecule has 5 rings (SSSR count).